The Kier molecular flexibility index (Phi) is 5.33. The fourth-order valence-electron chi connectivity index (χ4n) is 1.12. The topological polar surface area (TPSA) is 12.9 Å². The van der Waals surface area contributed by atoms with Crippen molar-refractivity contribution in [3.05, 3.63) is 29.6 Å². The summed E-state index contributed by atoms with van der Waals surface area (Å²) in [5, 5.41) is 0. The molecule has 0 fully saturated rings. The molecule has 0 aliphatic heterocycles. The zero-order valence-electron chi connectivity index (χ0n) is 9.39. The number of alkyl halides is 3. The van der Waals surface area contributed by atoms with Crippen molar-refractivity contribution in [2.45, 2.75) is 39.8 Å². The van der Waals surface area contributed by atoms with Crippen LogP contribution in [-0.4, -0.2) is 4.98 Å². The lowest BCUT2D eigenvalue weighted by Crippen LogP contribution is -2.10. The molecular weight excluding hydrogens is 203 g/mol. The van der Waals surface area contributed by atoms with E-state index in [0.717, 1.165) is 12.3 Å². The van der Waals surface area contributed by atoms with Crippen LogP contribution in [0.5, 0.6) is 0 Å². The third kappa shape index (κ3) is 3.90. The number of pyridine rings is 1. The Morgan fingerprint density at radius 3 is 2.07 bits per heavy atom. The number of halogens is 3. The maximum atomic E-state index is 12.4. The van der Waals surface area contributed by atoms with Crippen molar-refractivity contribution in [1.82, 2.24) is 4.98 Å². The van der Waals surface area contributed by atoms with Gasteiger partial charge in [0.15, 0.2) is 0 Å². The third-order valence-corrected chi connectivity index (χ3v) is 1.78. The minimum Gasteiger partial charge on any atom is -0.264 e. The maximum Gasteiger partial charge on any atom is 0.416 e. The second-order valence-corrected chi connectivity index (χ2v) is 3.12. The molecule has 0 aromatic carbocycles. The van der Waals surface area contributed by atoms with E-state index >= 15 is 0 Å². The van der Waals surface area contributed by atoms with Crippen LogP contribution in [0, 0.1) is 0 Å². The summed E-state index contributed by atoms with van der Waals surface area (Å²) in [5.74, 6) is -0.162. The molecule has 0 aliphatic carbocycles. The Hall–Kier alpha value is -1.06. The molecule has 0 bridgehead atoms. The number of nitrogens with zero attached hydrogens (tertiary/aromatic N) is 1. The highest BCUT2D eigenvalue weighted by Crippen LogP contribution is 2.34. The molecule has 0 atom stereocenters. The Bertz CT molecular complexity index is 292. The summed E-state index contributed by atoms with van der Waals surface area (Å²) < 4.78 is 37.1. The van der Waals surface area contributed by atoms with Gasteiger partial charge in [0.25, 0.3) is 0 Å². The second-order valence-electron chi connectivity index (χ2n) is 3.12. The van der Waals surface area contributed by atoms with Crippen molar-refractivity contribution >= 4 is 0 Å². The number of hydrogen-bond donors (Lipinski definition) is 0. The Morgan fingerprint density at radius 1 is 1.20 bits per heavy atom. The smallest absolute Gasteiger partial charge is 0.264 e. The van der Waals surface area contributed by atoms with Crippen LogP contribution in [0.1, 0.15) is 44.7 Å². The van der Waals surface area contributed by atoms with Crippen molar-refractivity contribution in [3.63, 3.8) is 0 Å². The summed E-state index contributed by atoms with van der Waals surface area (Å²) in [5.41, 5.74) is -0.340. The van der Waals surface area contributed by atoms with Crippen LogP contribution < -0.4 is 0 Å². The van der Waals surface area contributed by atoms with E-state index in [1.54, 1.807) is 13.8 Å². The molecule has 1 aromatic heterocycles. The first-order valence-corrected chi connectivity index (χ1v) is 4.94. The SMILES string of the molecule is CC.CC(C)c1cnccc1C(F)(F)F. The summed E-state index contributed by atoms with van der Waals surface area (Å²) in [4.78, 5) is 3.68. The Balaban J connectivity index is 0.000000921. The molecule has 1 rings (SSSR count). The van der Waals surface area contributed by atoms with Gasteiger partial charge in [0.1, 0.15) is 0 Å². The summed E-state index contributed by atoms with van der Waals surface area (Å²) in [7, 11) is 0. The van der Waals surface area contributed by atoms with Crippen molar-refractivity contribution in [3.8, 4) is 0 Å². The molecule has 0 spiro atoms. The molecule has 0 radical (unpaired) electrons. The first kappa shape index (κ1) is 13.9. The van der Waals surface area contributed by atoms with Gasteiger partial charge in [0.2, 0.25) is 0 Å². The minimum atomic E-state index is -4.28. The van der Waals surface area contributed by atoms with Crippen molar-refractivity contribution in [2.75, 3.05) is 0 Å². The second kappa shape index (κ2) is 5.73. The van der Waals surface area contributed by atoms with Crippen molar-refractivity contribution in [1.29, 1.82) is 0 Å². The summed E-state index contributed by atoms with van der Waals surface area (Å²) >= 11 is 0. The maximum absolute atomic E-state index is 12.4. The highest BCUT2D eigenvalue weighted by atomic mass is 19.4. The van der Waals surface area contributed by atoms with Gasteiger partial charge in [-0.2, -0.15) is 13.2 Å². The first-order valence-electron chi connectivity index (χ1n) is 4.94. The van der Waals surface area contributed by atoms with Crippen molar-refractivity contribution < 1.29 is 13.2 Å². The Labute approximate surface area is 88.3 Å². The van der Waals surface area contributed by atoms with Gasteiger partial charge in [0, 0.05) is 12.4 Å². The molecule has 1 nitrogen and oxygen atoms in total. The van der Waals surface area contributed by atoms with Crippen LogP contribution in [0.15, 0.2) is 18.5 Å². The van der Waals surface area contributed by atoms with E-state index in [0.29, 0.717) is 0 Å². The van der Waals surface area contributed by atoms with E-state index in [4.69, 9.17) is 0 Å². The van der Waals surface area contributed by atoms with Crippen LogP contribution in [0.4, 0.5) is 13.2 Å². The largest absolute Gasteiger partial charge is 0.416 e. The van der Waals surface area contributed by atoms with E-state index in [9.17, 15) is 13.2 Å². The monoisotopic (exact) mass is 219 g/mol. The predicted molar refractivity (Wildman–Crippen MR) is 54.7 cm³/mol. The average molecular weight is 219 g/mol. The molecule has 4 heteroatoms. The molecule has 15 heavy (non-hydrogen) atoms. The van der Waals surface area contributed by atoms with Gasteiger partial charge < -0.3 is 0 Å². The van der Waals surface area contributed by atoms with E-state index in [2.05, 4.69) is 4.98 Å². The molecule has 0 unspecified atom stereocenters. The highest BCUT2D eigenvalue weighted by molar-refractivity contribution is 5.28. The van der Waals surface area contributed by atoms with E-state index in [1.165, 1.54) is 6.20 Å². The first-order chi connectivity index (χ1) is 6.93. The lowest BCUT2D eigenvalue weighted by Gasteiger charge is -2.13. The molecule has 1 aromatic rings. The average Bonchev–Trinajstić information content (AvgIpc) is 2.19. The number of hydrogen-bond acceptors (Lipinski definition) is 1. The van der Waals surface area contributed by atoms with Crippen LogP contribution in [0.25, 0.3) is 0 Å². The number of aromatic nitrogens is 1. The van der Waals surface area contributed by atoms with Crippen LogP contribution in [0.3, 0.4) is 0 Å². The molecule has 0 saturated carbocycles. The van der Waals surface area contributed by atoms with Gasteiger partial charge in [0.05, 0.1) is 5.56 Å². The predicted octanol–water partition coefficient (Wildman–Crippen LogP) is 4.25. The van der Waals surface area contributed by atoms with Gasteiger partial charge in [-0.1, -0.05) is 27.7 Å². The number of rotatable bonds is 1. The van der Waals surface area contributed by atoms with Gasteiger partial charge in [-0.25, -0.2) is 0 Å². The quantitative estimate of drug-likeness (QED) is 0.688. The van der Waals surface area contributed by atoms with E-state index in [-0.39, 0.29) is 11.5 Å². The third-order valence-electron chi connectivity index (χ3n) is 1.78. The van der Waals surface area contributed by atoms with E-state index < -0.39 is 11.7 Å². The van der Waals surface area contributed by atoms with Crippen LogP contribution in [0.2, 0.25) is 0 Å². The molecular formula is C11H16F3N. The molecule has 86 valence electrons. The zero-order valence-corrected chi connectivity index (χ0v) is 9.39. The molecule has 0 saturated heterocycles. The summed E-state index contributed by atoms with van der Waals surface area (Å²) in [6.07, 6.45) is -1.84. The fourth-order valence-corrected chi connectivity index (χ4v) is 1.12. The standard InChI is InChI=1S/C9H10F3N.C2H6/c1-6(2)7-5-13-4-3-8(7)9(10,11)12;1-2/h3-6H,1-2H3;1-2H3. The highest BCUT2D eigenvalue weighted by Gasteiger charge is 2.33. The molecule has 0 aliphatic rings. The lowest BCUT2D eigenvalue weighted by molar-refractivity contribution is -0.138. The summed E-state index contributed by atoms with van der Waals surface area (Å²) in [6, 6.07) is 1.01. The minimum absolute atomic E-state index is 0.162. The van der Waals surface area contributed by atoms with Gasteiger partial charge in [-0.15, -0.1) is 0 Å². The fraction of sp³-hybridized carbons (Fsp3) is 0.545. The van der Waals surface area contributed by atoms with Gasteiger partial charge in [-0.3, -0.25) is 4.98 Å². The summed E-state index contributed by atoms with van der Waals surface area (Å²) in [6.45, 7) is 7.43. The van der Waals surface area contributed by atoms with Crippen molar-refractivity contribution in [2.24, 2.45) is 0 Å². The Morgan fingerprint density at radius 2 is 1.73 bits per heavy atom. The van der Waals surface area contributed by atoms with Gasteiger partial charge in [-0.05, 0) is 17.5 Å². The van der Waals surface area contributed by atoms with Gasteiger partial charge >= 0.3 is 6.18 Å². The molecule has 0 N–H and O–H groups in total. The molecule has 0 amide bonds. The molecule has 1 heterocycles. The normalized spacial score (nSPS) is 10.9. The lowest BCUT2D eigenvalue weighted by atomic mass is 9.99. The van der Waals surface area contributed by atoms with Crippen LogP contribution in [-0.2, 0) is 6.18 Å². The van der Waals surface area contributed by atoms with Crippen LogP contribution >= 0.6 is 0 Å². The van der Waals surface area contributed by atoms with E-state index in [1.807, 2.05) is 13.8 Å². The zero-order chi connectivity index (χ0) is 12.1.